The maximum Gasteiger partial charge on any atom is 0.134 e. The zero-order valence-corrected chi connectivity index (χ0v) is 14.9. The molecule has 4 saturated carbocycles. The van der Waals surface area contributed by atoms with Crippen LogP contribution >= 0.6 is 0 Å². The monoisotopic (exact) mass is 320 g/mol. The molecule has 4 rings (SSSR count). The Morgan fingerprint density at radius 1 is 1.09 bits per heavy atom. The normalized spacial score (nSPS) is 54.5. The smallest absolute Gasteiger partial charge is 0.134 e. The van der Waals surface area contributed by atoms with Gasteiger partial charge in [0.05, 0.1) is 12.2 Å². The van der Waals surface area contributed by atoms with Gasteiger partial charge in [-0.1, -0.05) is 20.8 Å². The Kier molecular flexibility index (Phi) is 3.22. The van der Waals surface area contributed by atoms with Crippen LogP contribution in [0, 0.1) is 34.0 Å². The minimum Gasteiger partial charge on any atom is -0.393 e. The third-order valence-electron chi connectivity index (χ3n) is 8.59. The van der Waals surface area contributed by atoms with Crippen LogP contribution in [0.25, 0.3) is 0 Å². The molecule has 3 heteroatoms. The maximum absolute atomic E-state index is 12.5. The lowest BCUT2D eigenvalue weighted by atomic mass is 9.41. The second-order valence-corrected chi connectivity index (χ2v) is 10.3. The van der Waals surface area contributed by atoms with Crippen molar-refractivity contribution < 1.29 is 15.0 Å². The van der Waals surface area contributed by atoms with E-state index < -0.39 is 5.60 Å². The summed E-state index contributed by atoms with van der Waals surface area (Å²) < 4.78 is 0. The zero-order valence-electron chi connectivity index (χ0n) is 14.9. The van der Waals surface area contributed by atoms with Gasteiger partial charge in [0, 0.05) is 12.8 Å². The molecule has 0 aromatic heterocycles. The second-order valence-electron chi connectivity index (χ2n) is 10.3. The topological polar surface area (TPSA) is 57.5 Å². The fourth-order valence-corrected chi connectivity index (χ4v) is 8.05. The van der Waals surface area contributed by atoms with Crippen molar-refractivity contribution in [1.29, 1.82) is 0 Å². The average Bonchev–Trinajstić information content (AvgIpc) is 2.64. The first kappa shape index (κ1) is 16.1. The molecule has 6 atom stereocenters. The standard InChI is InChI=1S/C20H32O3/c1-17(2)9-14(22)10-18(3)15(17)6-7-19-8-13(4-5-16(18)19)20(23,11-19)12-21/h13,15-16,21,23H,4-12H2,1-3H3/t13-,15+,16-,18+,19+,20+/m1/s1. The fraction of sp³-hybridized carbons (Fsp3) is 0.950. The largest absolute Gasteiger partial charge is 0.393 e. The summed E-state index contributed by atoms with van der Waals surface area (Å²) in [5.41, 5.74) is -0.511. The molecule has 23 heavy (non-hydrogen) atoms. The predicted octanol–water partition coefficient (Wildman–Crippen LogP) is 3.32. The molecule has 0 aromatic carbocycles. The summed E-state index contributed by atoms with van der Waals surface area (Å²) in [6, 6.07) is 0. The molecule has 0 unspecified atom stereocenters. The number of aliphatic hydroxyl groups excluding tert-OH is 1. The van der Waals surface area contributed by atoms with Gasteiger partial charge in [0.2, 0.25) is 0 Å². The van der Waals surface area contributed by atoms with Crippen LogP contribution in [0.2, 0.25) is 0 Å². The summed E-state index contributed by atoms with van der Waals surface area (Å²) in [6.45, 7) is 6.85. The Labute approximate surface area is 139 Å². The van der Waals surface area contributed by atoms with Crippen molar-refractivity contribution in [1.82, 2.24) is 0 Å². The summed E-state index contributed by atoms with van der Waals surface area (Å²) >= 11 is 0. The number of ketones is 1. The summed E-state index contributed by atoms with van der Waals surface area (Å²) in [6.07, 6.45) is 7.78. The third-order valence-corrected chi connectivity index (χ3v) is 8.59. The van der Waals surface area contributed by atoms with Gasteiger partial charge in [-0.2, -0.15) is 0 Å². The van der Waals surface area contributed by atoms with Gasteiger partial charge in [-0.15, -0.1) is 0 Å². The maximum atomic E-state index is 12.5. The van der Waals surface area contributed by atoms with Gasteiger partial charge < -0.3 is 10.2 Å². The van der Waals surface area contributed by atoms with Crippen LogP contribution in [0.5, 0.6) is 0 Å². The quantitative estimate of drug-likeness (QED) is 0.779. The first-order valence-corrected chi connectivity index (χ1v) is 9.50. The van der Waals surface area contributed by atoms with Gasteiger partial charge in [0.15, 0.2) is 0 Å². The van der Waals surface area contributed by atoms with Crippen LogP contribution in [0.3, 0.4) is 0 Å². The average molecular weight is 320 g/mol. The highest BCUT2D eigenvalue weighted by atomic mass is 16.3. The number of hydrogen-bond donors (Lipinski definition) is 2. The lowest BCUT2D eigenvalue weighted by Crippen LogP contribution is -2.57. The van der Waals surface area contributed by atoms with Crippen LogP contribution in [0.15, 0.2) is 0 Å². The van der Waals surface area contributed by atoms with Crippen LogP contribution in [0.1, 0.15) is 72.1 Å². The Morgan fingerprint density at radius 2 is 1.83 bits per heavy atom. The molecule has 0 radical (unpaired) electrons. The van der Waals surface area contributed by atoms with Gasteiger partial charge in [0.1, 0.15) is 5.78 Å². The number of fused-ring (bicyclic) bond motifs is 3. The van der Waals surface area contributed by atoms with Crippen molar-refractivity contribution in [2.24, 2.45) is 34.0 Å². The summed E-state index contributed by atoms with van der Waals surface area (Å²) in [5.74, 6) is 1.84. The molecular formula is C20H32O3. The number of rotatable bonds is 1. The molecule has 0 aromatic rings. The number of Topliss-reactive ketones (excluding diaryl/α,β-unsaturated/α-hetero) is 1. The Morgan fingerprint density at radius 3 is 2.52 bits per heavy atom. The van der Waals surface area contributed by atoms with Crippen LogP contribution in [0.4, 0.5) is 0 Å². The summed E-state index contributed by atoms with van der Waals surface area (Å²) in [7, 11) is 0. The molecule has 0 amide bonds. The van der Waals surface area contributed by atoms with Crippen molar-refractivity contribution in [2.45, 2.75) is 77.7 Å². The lowest BCUT2D eigenvalue weighted by molar-refractivity contribution is -0.161. The SMILES string of the molecule is CC1(C)CC(=O)C[C@@]2(C)[C@H]1CC[C@@]13C[C@@H](CC[C@@H]12)[C@@](O)(CO)C3. The van der Waals surface area contributed by atoms with Crippen molar-refractivity contribution >= 4 is 5.78 Å². The van der Waals surface area contributed by atoms with Gasteiger partial charge in [-0.05, 0) is 72.5 Å². The molecule has 2 bridgehead atoms. The molecule has 130 valence electrons. The van der Waals surface area contributed by atoms with Gasteiger partial charge in [0.25, 0.3) is 0 Å². The molecular weight excluding hydrogens is 288 g/mol. The Hall–Kier alpha value is -0.410. The van der Waals surface area contributed by atoms with E-state index in [1.54, 1.807) is 0 Å². The number of carbonyl (C=O) groups is 1. The van der Waals surface area contributed by atoms with Crippen LogP contribution < -0.4 is 0 Å². The molecule has 4 aliphatic carbocycles. The predicted molar refractivity (Wildman–Crippen MR) is 88.8 cm³/mol. The Balaban J connectivity index is 1.74. The second kappa shape index (κ2) is 4.60. The molecule has 4 fully saturated rings. The number of carbonyl (C=O) groups excluding carboxylic acids is 1. The highest BCUT2D eigenvalue weighted by Gasteiger charge is 2.67. The summed E-state index contributed by atoms with van der Waals surface area (Å²) in [4.78, 5) is 12.5. The van der Waals surface area contributed by atoms with Gasteiger partial charge >= 0.3 is 0 Å². The molecule has 2 N–H and O–H groups in total. The summed E-state index contributed by atoms with van der Waals surface area (Å²) in [5, 5.41) is 20.7. The molecule has 4 aliphatic rings. The molecule has 0 aliphatic heterocycles. The first-order valence-electron chi connectivity index (χ1n) is 9.50. The number of aliphatic hydroxyl groups is 2. The Bertz CT molecular complexity index is 541. The van der Waals surface area contributed by atoms with E-state index in [1.807, 2.05) is 0 Å². The van der Waals surface area contributed by atoms with Crippen LogP contribution in [-0.4, -0.2) is 28.2 Å². The van der Waals surface area contributed by atoms with E-state index in [0.717, 1.165) is 38.5 Å². The minimum absolute atomic E-state index is 0.0861. The van der Waals surface area contributed by atoms with Crippen molar-refractivity contribution in [3.63, 3.8) is 0 Å². The van der Waals surface area contributed by atoms with E-state index >= 15 is 0 Å². The van der Waals surface area contributed by atoms with Gasteiger partial charge in [-0.25, -0.2) is 0 Å². The van der Waals surface area contributed by atoms with Crippen molar-refractivity contribution in [2.75, 3.05) is 6.61 Å². The van der Waals surface area contributed by atoms with E-state index in [0.29, 0.717) is 17.6 Å². The zero-order chi connectivity index (χ0) is 16.7. The molecule has 3 nitrogen and oxygen atoms in total. The molecule has 0 heterocycles. The molecule has 0 saturated heterocycles. The number of hydrogen-bond acceptors (Lipinski definition) is 3. The van der Waals surface area contributed by atoms with E-state index in [4.69, 9.17) is 0 Å². The van der Waals surface area contributed by atoms with Crippen molar-refractivity contribution in [3.8, 4) is 0 Å². The van der Waals surface area contributed by atoms with E-state index in [9.17, 15) is 15.0 Å². The van der Waals surface area contributed by atoms with E-state index in [2.05, 4.69) is 20.8 Å². The highest BCUT2D eigenvalue weighted by molar-refractivity contribution is 5.81. The minimum atomic E-state index is -0.869. The highest BCUT2D eigenvalue weighted by Crippen LogP contribution is 2.72. The first-order chi connectivity index (χ1) is 10.7. The van der Waals surface area contributed by atoms with E-state index in [-0.39, 0.29) is 28.8 Å². The third kappa shape index (κ3) is 1.99. The molecule has 1 spiro atoms. The van der Waals surface area contributed by atoms with E-state index in [1.165, 1.54) is 12.8 Å². The van der Waals surface area contributed by atoms with Gasteiger partial charge in [-0.3, -0.25) is 4.79 Å². The van der Waals surface area contributed by atoms with Crippen molar-refractivity contribution in [3.05, 3.63) is 0 Å². The lowest BCUT2D eigenvalue weighted by Gasteiger charge is -2.63. The van der Waals surface area contributed by atoms with Crippen LogP contribution in [-0.2, 0) is 4.79 Å². The fourth-order valence-electron chi connectivity index (χ4n) is 8.05.